The molecule has 0 aliphatic rings. The molecule has 186 valence electrons. The van der Waals surface area contributed by atoms with E-state index in [1.54, 1.807) is 32.0 Å². The van der Waals surface area contributed by atoms with Crippen molar-refractivity contribution >= 4 is 27.3 Å². The SMILES string of the molecule is COc1ccc(NC(=O)c2cnc(OC)c(C(F)(F)F)c2)cc1S(=O)(=O)Nc1c(C)cccc1C. The van der Waals surface area contributed by atoms with Crippen molar-refractivity contribution in [3.05, 3.63) is 70.9 Å². The molecule has 0 saturated carbocycles. The van der Waals surface area contributed by atoms with Gasteiger partial charge in [-0.05, 0) is 49.2 Å². The molecule has 0 aliphatic heterocycles. The summed E-state index contributed by atoms with van der Waals surface area (Å²) in [5.74, 6) is -1.60. The van der Waals surface area contributed by atoms with Crippen molar-refractivity contribution in [1.82, 2.24) is 4.98 Å². The lowest BCUT2D eigenvalue weighted by Gasteiger charge is -2.16. The molecule has 3 aromatic rings. The summed E-state index contributed by atoms with van der Waals surface area (Å²) in [6, 6.07) is 9.71. The molecule has 0 spiro atoms. The van der Waals surface area contributed by atoms with Gasteiger partial charge in [0, 0.05) is 11.9 Å². The molecule has 0 unspecified atom stereocenters. The van der Waals surface area contributed by atoms with Crippen LogP contribution < -0.4 is 19.5 Å². The Labute approximate surface area is 200 Å². The highest BCUT2D eigenvalue weighted by atomic mass is 32.2. The number of alkyl halides is 3. The second-order valence-electron chi connectivity index (χ2n) is 7.47. The van der Waals surface area contributed by atoms with E-state index in [-0.39, 0.29) is 16.3 Å². The molecule has 0 atom stereocenters. The zero-order chi connectivity index (χ0) is 26.0. The van der Waals surface area contributed by atoms with Crippen molar-refractivity contribution in [2.75, 3.05) is 24.3 Å². The first-order valence-corrected chi connectivity index (χ1v) is 11.6. The van der Waals surface area contributed by atoms with Crippen molar-refractivity contribution in [3.8, 4) is 11.6 Å². The maximum Gasteiger partial charge on any atom is 0.421 e. The summed E-state index contributed by atoms with van der Waals surface area (Å²) in [6.45, 7) is 3.49. The number of halogens is 3. The number of carbonyl (C=O) groups excluding carboxylic acids is 1. The molecule has 3 rings (SSSR count). The second kappa shape index (κ2) is 9.82. The first kappa shape index (κ1) is 25.8. The summed E-state index contributed by atoms with van der Waals surface area (Å²) in [4.78, 5) is 15.9. The van der Waals surface area contributed by atoms with E-state index in [1.807, 2.05) is 0 Å². The van der Waals surface area contributed by atoms with Crippen molar-refractivity contribution in [2.45, 2.75) is 24.9 Å². The summed E-state index contributed by atoms with van der Waals surface area (Å²) in [5, 5.41) is 2.39. The summed E-state index contributed by atoms with van der Waals surface area (Å²) >= 11 is 0. The summed E-state index contributed by atoms with van der Waals surface area (Å²) in [6.07, 6.45) is -3.87. The maximum absolute atomic E-state index is 13.3. The van der Waals surface area contributed by atoms with Crippen LogP contribution in [0.2, 0.25) is 0 Å². The number of aromatic nitrogens is 1. The summed E-state index contributed by atoms with van der Waals surface area (Å²) in [5.41, 5.74) is 0.194. The Kier molecular flexibility index (Phi) is 7.25. The molecule has 1 aromatic heterocycles. The van der Waals surface area contributed by atoms with Gasteiger partial charge >= 0.3 is 6.18 Å². The van der Waals surface area contributed by atoms with Crippen molar-refractivity contribution in [3.63, 3.8) is 0 Å². The number of methoxy groups -OCH3 is 2. The van der Waals surface area contributed by atoms with Gasteiger partial charge in [-0.15, -0.1) is 0 Å². The van der Waals surface area contributed by atoms with Crippen LogP contribution in [0.5, 0.6) is 11.6 Å². The smallest absolute Gasteiger partial charge is 0.421 e. The van der Waals surface area contributed by atoms with Gasteiger partial charge in [0.2, 0.25) is 5.88 Å². The van der Waals surface area contributed by atoms with Crippen LogP contribution in [0.1, 0.15) is 27.0 Å². The highest BCUT2D eigenvalue weighted by Crippen LogP contribution is 2.36. The van der Waals surface area contributed by atoms with Crippen LogP contribution in [0.3, 0.4) is 0 Å². The highest BCUT2D eigenvalue weighted by molar-refractivity contribution is 7.92. The van der Waals surface area contributed by atoms with E-state index in [1.165, 1.54) is 19.2 Å². The molecule has 0 bridgehead atoms. The highest BCUT2D eigenvalue weighted by Gasteiger charge is 2.36. The Balaban J connectivity index is 1.95. The number of anilines is 2. The number of benzene rings is 2. The minimum atomic E-state index is -4.80. The fraction of sp³-hybridized carbons (Fsp3) is 0.217. The van der Waals surface area contributed by atoms with Gasteiger partial charge in [0.1, 0.15) is 16.2 Å². The number of para-hydroxylation sites is 1. The Morgan fingerprint density at radius 3 is 2.23 bits per heavy atom. The number of nitrogens with one attached hydrogen (secondary N) is 2. The van der Waals surface area contributed by atoms with Gasteiger partial charge in [-0.3, -0.25) is 9.52 Å². The van der Waals surface area contributed by atoms with Crippen LogP contribution >= 0.6 is 0 Å². The maximum atomic E-state index is 13.3. The third-order valence-corrected chi connectivity index (χ3v) is 6.41. The van der Waals surface area contributed by atoms with E-state index in [2.05, 4.69) is 19.8 Å². The summed E-state index contributed by atoms with van der Waals surface area (Å²) < 4.78 is 78.5. The second-order valence-corrected chi connectivity index (χ2v) is 9.12. The molecule has 8 nitrogen and oxygen atoms in total. The quantitative estimate of drug-likeness (QED) is 0.475. The number of rotatable bonds is 7. The number of hydrogen-bond donors (Lipinski definition) is 2. The predicted octanol–water partition coefficient (Wildman–Crippen LogP) is 4.79. The molecule has 0 radical (unpaired) electrons. The van der Waals surface area contributed by atoms with Crippen molar-refractivity contribution < 1.29 is 35.9 Å². The molecule has 0 aliphatic carbocycles. The monoisotopic (exact) mass is 509 g/mol. The molecule has 0 saturated heterocycles. The Morgan fingerprint density at radius 2 is 1.66 bits per heavy atom. The number of pyridine rings is 1. The van der Waals surface area contributed by atoms with Gasteiger partial charge < -0.3 is 14.8 Å². The average Bonchev–Trinajstić information content (AvgIpc) is 2.80. The van der Waals surface area contributed by atoms with Gasteiger partial charge in [-0.25, -0.2) is 13.4 Å². The van der Waals surface area contributed by atoms with Crippen LogP contribution in [0.25, 0.3) is 0 Å². The van der Waals surface area contributed by atoms with Crippen molar-refractivity contribution in [1.29, 1.82) is 0 Å². The number of carbonyl (C=O) groups is 1. The minimum Gasteiger partial charge on any atom is -0.495 e. The lowest BCUT2D eigenvalue weighted by molar-refractivity contribution is -0.139. The Hall–Kier alpha value is -3.80. The number of ether oxygens (including phenoxy) is 2. The fourth-order valence-corrected chi connectivity index (χ4v) is 4.67. The molecule has 1 heterocycles. The van der Waals surface area contributed by atoms with Crippen LogP contribution in [0, 0.1) is 13.8 Å². The lowest BCUT2D eigenvalue weighted by Crippen LogP contribution is -2.18. The molecular weight excluding hydrogens is 487 g/mol. The largest absolute Gasteiger partial charge is 0.495 e. The molecular formula is C23H22F3N3O5S. The third-order valence-electron chi connectivity index (χ3n) is 5.04. The normalized spacial score (nSPS) is 11.6. The van der Waals surface area contributed by atoms with Gasteiger partial charge in [0.05, 0.1) is 25.5 Å². The zero-order valence-electron chi connectivity index (χ0n) is 19.1. The van der Waals surface area contributed by atoms with Gasteiger partial charge in [-0.1, -0.05) is 18.2 Å². The van der Waals surface area contributed by atoms with Crippen LogP contribution in [0.4, 0.5) is 24.5 Å². The molecule has 0 fully saturated rings. The van der Waals surface area contributed by atoms with Crippen LogP contribution in [-0.2, 0) is 16.2 Å². The standard InChI is InChI=1S/C23H22F3N3O5S/c1-13-6-5-7-14(2)20(13)29-35(31,32)19-11-16(8-9-18(19)33-3)28-21(30)15-10-17(23(24,25)26)22(34-4)27-12-15/h5-12,29H,1-4H3,(H,28,30). The third kappa shape index (κ3) is 5.65. The number of aryl methyl sites for hydroxylation is 2. The zero-order valence-corrected chi connectivity index (χ0v) is 20.0. The number of hydrogen-bond acceptors (Lipinski definition) is 6. The first-order valence-electron chi connectivity index (χ1n) is 10.1. The summed E-state index contributed by atoms with van der Waals surface area (Å²) in [7, 11) is -1.85. The lowest BCUT2D eigenvalue weighted by atomic mass is 10.1. The predicted molar refractivity (Wildman–Crippen MR) is 123 cm³/mol. The van der Waals surface area contributed by atoms with Gasteiger partial charge in [-0.2, -0.15) is 13.2 Å². The van der Waals surface area contributed by atoms with E-state index in [0.717, 1.165) is 19.4 Å². The van der Waals surface area contributed by atoms with Crippen LogP contribution in [0.15, 0.2) is 53.6 Å². The van der Waals surface area contributed by atoms with Crippen LogP contribution in [-0.4, -0.2) is 33.5 Å². The molecule has 2 aromatic carbocycles. The van der Waals surface area contributed by atoms with E-state index < -0.39 is 39.1 Å². The first-order chi connectivity index (χ1) is 16.4. The van der Waals surface area contributed by atoms with E-state index >= 15 is 0 Å². The number of nitrogens with zero attached hydrogens (tertiary/aromatic N) is 1. The van der Waals surface area contributed by atoms with Gasteiger partial charge in [0.15, 0.2) is 0 Å². The topological polar surface area (TPSA) is 107 Å². The Morgan fingerprint density at radius 1 is 1.00 bits per heavy atom. The minimum absolute atomic E-state index is 0.00667. The number of sulfonamides is 1. The average molecular weight is 510 g/mol. The molecule has 12 heteroatoms. The molecule has 35 heavy (non-hydrogen) atoms. The Bertz CT molecular complexity index is 1360. The van der Waals surface area contributed by atoms with E-state index in [9.17, 15) is 26.4 Å². The van der Waals surface area contributed by atoms with E-state index in [0.29, 0.717) is 22.9 Å². The van der Waals surface area contributed by atoms with E-state index in [4.69, 9.17) is 4.74 Å². The van der Waals surface area contributed by atoms with Crippen molar-refractivity contribution in [2.24, 2.45) is 0 Å². The number of amides is 1. The van der Waals surface area contributed by atoms with Gasteiger partial charge in [0.25, 0.3) is 15.9 Å². The molecule has 2 N–H and O–H groups in total. The fourth-order valence-electron chi connectivity index (χ4n) is 3.27. The molecule has 1 amide bonds.